The summed E-state index contributed by atoms with van der Waals surface area (Å²) in [7, 11) is 1.59. The molecule has 0 saturated heterocycles. The van der Waals surface area contributed by atoms with Crippen molar-refractivity contribution in [2.75, 3.05) is 32.1 Å². The van der Waals surface area contributed by atoms with E-state index in [1.807, 2.05) is 31.2 Å². The number of methoxy groups -OCH3 is 1. The first-order valence-corrected chi connectivity index (χ1v) is 11.1. The first-order valence-electron chi connectivity index (χ1n) is 11.1. The Hall–Kier alpha value is -2.08. The lowest BCUT2D eigenvalue weighted by Gasteiger charge is -2.56. The van der Waals surface area contributed by atoms with Crippen LogP contribution in [0, 0.1) is 17.8 Å². The first-order chi connectivity index (χ1) is 14.0. The molecule has 1 atom stereocenters. The summed E-state index contributed by atoms with van der Waals surface area (Å²) in [5, 5.41) is 6.33. The molecule has 0 aromatic heterocycles. The zero-order valence-electron chi connectivity index (χ0n) is 17.6. The fraction of sp³-hybridized carbons (Fsp3) is 0.652. The van der Waals surface area contributed by atoms with Crippen molar-refractivity contribution in [3.8, 4) is 5.75 Å². The van der Waals surface area contributed by atoms with E-state index in [2.05, 4.69) is 10.6 Å². The smallest absolute Gasteiger partial charge is 0.279 e. The molecule has 4 aliphatic carbocycles. The topological polar surface area (TPSA) is 71.9 Å². The molecule has 2 amide bonds. The Kier molecular flexibility index (Phi) is 5.81. The Bertz CT molecular complexity index is 728. The average molecular weight is 401 g/mol. The Morgan fingerprint density at radius 2 is 1.62 bits per heavy atom. The highest BCUT2D eigenvalue weighted by Gasteiger charge is 2.51. The van der Waals surface area contributed by atoms with E-state index < -0.39 is 0 Å². The molecule has 0 aliphatic heterocycles. The molecule has 5 rings (SSSR count). The number of nitrogens with one attached hydrogen (secondary N) is 3. The van der Waals surface area contributed by atoms with Crippen LogP contribution in [0.5, 0.6) is 5.75 Å². The van der Waals surface area contributed by atoms with Crippen LogP contribution in [-0.4, -0.2) is 44.1 Å². The molecule has 4 aliphatic rings. The number of quaternary nitrogens is 1. The maximum absolute atomic E-state index is 12.9. The van der Waals surface area contributed by atoms with Crippen molar-refractivity contribution in [2.24, 2.45) is 17.8 Å². The van der Waals surface area contributed by atoms with E-state index in [-0.39, 0.29) is 23.9 Å². The minimum absolute atomic E-state index is 0.0321. The number of para-hydroxylation sites is 2. The van der Waals surface area contributed by atoms with Crippen molar-refractivity contribution in [1.82, 2.24) is 5.32 Å². The molecule has 4 bridgehead atoms. The number of carbonyl (C=O) groups excluding carboxylic acids is 2. The van der Waals surface area contributed by atoms with Gasteiger partial charge < -0.3 is 20.3 Å². The molecule has 3 N–H and O–H groups in total. The second kappa shape index (κ2) is 8.34. The highest BCUT2D eigenvalue weighted by Crippen LogP contribution is 2.55. The van der Waals surface area contributed by atoms with Crippen LogP contribution in [0.3, 0.4) is 0 Å². The molecule has 4 saturated carbocycles. The molecule has 1 aromatic carbocycles. The molecule has 0 radical (unpaired) electrons. The molecule has 0 heterocycles. The third-order valence-electron chi connectivity index (χ3n) is 7.14. The van der Waals surface area contributed by atoms with Crippen molar-refractivity contribution < 1.29 is 19.2 Å². The van der Waals surface area contributed by atoms with Crippen LogP contribution in [0.2, 0.25) is 0 Å². The van der Waals surface area contributed by atoms with Crippen molar-refractivity contribution in [3.63, 3.8) is 0 Å². The van der Waals surface area contributed by atoms with E-state index in [0.29, 0.717) is 18.0 Å². The van der Waals surface area contributed by atoms with Gasteiger partial charge in [0.25, 0.3) is 11.8 Å². The third kappa shape index (κ3) is 4.58. The summed E-state index contributed by atoms with van der Waals surface area (Å²) in [6, 6.07) is 7.37. The third-order valence-corrected chi connectivity index (χ3v) is 7.14. The Labute approximate surface area is 173 Å². The second-order valence-corrected chi connectivity index (χ2v) is 9.45. The number of ether oxygens (including phenoxy) is 1. The number of hydrogen-bond acceptors (Lipinski definition) is 3. The van der Waals surface area contributed by atoms with Gasteiger partial charge in [-0.15, -0.1) is 0 Å². The van der Waals surface area contributed by atoms with Gasteiger partial charge in [-0.2, -0.15) is 0 Å². The van der Waals surface area contributed by atoms with Gasteiger partial charge in [-0.3, -0.25) is 9.59 Å². The number of likely N-dealkylation sites (N-methyl/N-ethyl adjacent to an activating group) is 1. The summed E-state index contributed by atoms with van der Waals surface area (Å²) in [5.74, 6) is 3.05. The highest BCUT2D eigenvalue weighted by molar-refractivity contribution is 5.93. The lowest BCUT2D eigenvalue weighted by atomic mass is 9.53. The van der Waals surface area contributed by atoms with E-state index in [1.54, 1.807) is 7.11 Å². The minimum Gasteiger partial charge on any atom is -0.495 e. The number of rotatable bonds is 8. The van der Waals surface area contributed by atoms with Gasteiger partial charge in [0.15, 0.2) is 13.1 Å². The van der Waals surface area contributed by atoms with Gasteiger partial charge in [0, 0.05) is 5.54 Å². The number of anilines is 1. The van der Waals surface area contributed by atoms with Crippen LogP contribution >= 0.6 is 0 Å². The zero-order chi connectivity index (χ0) is 20.4. The largest absolute Gasteiger partial charge is 0.495 e. The minimum atomic E-state index is -0.103. The molecular weight excluding hydrogens is 366 g/mol. The van der Waals surface area contributed by atoms with Gasteiger partial charge in [-0.1, -0.05) is 12.1 Å². The number of amides is 2. The summed E-state index contributed by atoms with van der Waals surface area (Å²) in [6.45, 7) is 3.36. The SMILES string of the molecule is CC[NH+](CC(=O)Nc1ccccc1OC)CC(=O)NC12CC3CC(CC(C3)C1)C2. The molecule has 6 nitrogen and oxygen atoms in total. The molecule has 1 unspecified atom stereocenters. The van der Waals surface area contributed by atoms with Crippen molar-refractivity contribution in [3.05, 3.63) is 24.3 Å². The van der Waals surface area contributed by atoms with Crippen LogP contribution in [0.15, 0.2) is 24.3 Å². The van der Waals surface area contributed by atoms with E-state index in [0.717, 1.165) is 48.5 Å². The highest BCUT2D eigenvalue weighted by atomic mass is 16.5. The average Bonchev–Trinajstić information content (AvgIpc) is 2.66. The standard InChI is InChI=1S/C23H33N3O3/c1-3-26(14-21(27)24-19-6-4-5-7-20(19)29-2)15-22(28)25-23-11-16-8-17(12-23)10-18(9-16)13-23/h4-7,16-18H,3,8-15H2,1-2H3,(H,24,27)(H,25,28)/p+1. The molecule has 158 valence electrons. The number of benzene rings is 1. The van der Waals surface area contributed by atoms with E-state index in [1.165, 1.54) is 19.3 Å². The molecular formula is C23H34N3O3+. The van der Waals surface area contributed by atoms with Crippen LogP contribution in [0.25, 0.3) is 0 Å². The Morgan fingerprint density at radius 1 is 1.03 bits per heavy atom. The predicted molar refractivity (Wildman–Crippen MR) is 112 cm³/mol. The first kappa shape index (κ1) is 20.2. The van der Waals surface area contributed by atoms with Crippen molar-refractivity contribution in [1.29, 1.82) is 0 Å². The monoisotopic (exact) mass is 400 g/mol. The van der Waals surface area contributed by atoms with Crippen LogP contribution in [-0.2, 0) is 9.59 Å². The quantitative estimate of drug-likeness (QED) is 0.621. The lowest BCUT2D eigenvalue weighted by Crippen LogP contribution is -3.14. The molecule has 1 aromatic rings. The molecule has 6 heteroatoms. The predicted octanol–water partition coefficient (Wildman–Crippen LogP) is 1.62. The maximum Gasteiger partial charge on any atom is 0.279 e. The van der Waals surface area contributed by atoms with Gasteiger partial charge in [0.1, 0.15) is 5.75 Å². The van der Waals surface area contributed by atoms with Crippen molar-refractivity contribution >= 4 is 17.5 Å². The molecule has 0 spiro atoms. The lowest BCUT2D eigenvalue weighted by molar-refractivity contribution is -0.881. The second-order valence-electron chi connectivity index (χ2n) is 9.45. The summed E-state index contributed by atoms with van der Waals surface area (Å²) in [4.78, 5) is 26.3. The van der Waals surface area contributed by atoms with Crippen LogP contribution in [0.4, 0.5) is 5.69 Å². The summed E-state index contributed by atoms with van der Waals surface area (Å²) < 4.78 is 5.29. The Morgan fingerprint density at radius 3 is 2.21 bits per heavy atom. The Balaban J connectivity index is 1.30. The van der Waals surface area contributed by atoms with Crippen molar-refractivity contribution in [2.45, 2.75) is 51.0 Å². The van der Waals surface area contributed by atoms with Crippen LogP contribution in [0.1, 0.15) is 45.4 Å². The van der Waals surface area contributed by atoms with Gasteiger partial charge in [0.2, 0.25) is 0 Å². The number of hydrogen-bond donors (Lipinski definition) is 3. The van der Waals surface area contributed by atoms with Gasteiger partial charge in [-0.05, 0) is 75.3 Å². The normalized spacial score (nSPS) is 30.6. The van der Waals surface area contributed by atoms with Crippen LogP contribution < -0.4 is 20.3 Å². The summed E-state index contributed by atoms with van der Waals surface area (Å²) in [5.41, 5.74) is 0.693. The molecule has 4 fully saturated rings. The maximum atomic E-state index is 12.9. The number of carbonyl (C=O) groups is 2. The zero-order valence-corrected chi connectivity index (χ0v) is 17.6. The fourth-order valence-electron chi connectivity index (χ4n) is 6.31. The molecule has 29 heavy (non-hydrogen) atoms. The van der Waals surface area contributed by atoms with E-state index in [4.69, 9.17) is 4.74 Å². The van der Waals surface area contributed by atoms with E-state index in [9.17, 15) is 9.59 Å². The summed E-state index contributed by atoms with van der Waals surface area (Å²) >= 11 is 0. The fourth-order valence-corrected chi connectivity index (χ4v) is 6.31. The van der Waals surface area contributed by atoms with E-state index >= 15 is 0 Å². The van der Waals surface area contributed by atoms with Gasteiger partial charge in [-0.25, -0.2) is 0 Å². The summed E-state index contributed by atoms with van der Waals surface area (Å²) in [6.07, 6.45) is 7.56. The van der Waals surface area contributed by atoms with Gasteiger partial charge in [0.05, 0.1) is 19.3 Å². The van der Waals surface area contributed by atoms with Gasteiger partial charge >= 0.3 is 0 Å².